The number of anilines is 3. The van der Waals surface area contributed by atoms with Crippen LogP contribution in [0, 0.1) is 0 Å². The molecule has 3 heterocycles. The summed E-state index contributed by atoms with van der Waals surface area (Å²) in [4.78, 5) is 39.3. The van der Waals surface area contributed by atoms with Crippen LogP contribution in [0.4, 0.5) is 30.5 Å². The number of nitrogens with zero attached hydrogens (tertiary/aromatic N) is 4. The Hall–Kier alpha value is -4.80. The summed E-state index contributed by atoms with van der Waals surface area (Å²) in [6, 6.07) is 19.8. The van der Waals surface area contributed by atoms with Gasteiger partial charge < -0.3 is 15.5 Å². The minimum atomic E-state index is -4.56. The number of amides is 2. The van der Waals surface area contributed by atoms with E-state index in [0.717, 1.165) is 33.5 Å². The molecule has 1 aliphatic heterocycles. The summed E-state index contributed by atoms with van der Waals surface area (Å²) in [6.07, 6.45) is -0.438. The van der Waals surface area contributed by atoms with Crippen LogP contribution >= 0.6 is 0 Å². The van der Waals surface area contributed by atoms with E-state index in [1.54, 1.807) is 30.5 Å². The van der Waals surface area contributed by atoms with Gasteiger partial charge in [0.2, 0.25) is 5.91 Å². The molecule has 2 N–H and O–H groups in total. The third-order valence-electron chi connectivity index (χ3n) is 7.51. The average Bonchev–Trinajstić information content (AvgIpc) is 3.47. The van der Waals surface area contributed by atoms with Gasteiger partial charge in [0.1, 0.15) is 30.2 Å². The molecule has 1 atom stereocenters. The van der Waals surface area contributed by atoms with Crippen LogP contribution in [0.1, 0.15) is 32.7 Å². The maximum absolute atomic E-state index is 13.3. The topological polar surface area (TPSA) is 100 Å². The van der Waals surface area contributed by atoms with Gasteiger partial charge >= 0.3 is 6.18 Å². The number of hydrogen-bond donors (Lipinski definition) is 2. The Balaban J connectivity index is 1.19. The number of nitrogens with one attached hydrogen (secondary N) is 2. The van der Waals surface area contributed by atoms with Crippen LogP contribution in [0.2, 0.25) is 0 Å². The molecule has 1 unspecified atom stereocenters. The van der Waals surface area contributed by atoms with Crippen molar-refractivity contribution in [2.45, 2.75) is 30.9 Å². The van der Waals surface area contributed by atoms with Gasteiger partial charge in [0.15, 0.2) is 0 Å². The van der Waals surface area contributed by atoms with Gasteiger partial charge in [-0.1, -0.05) is 42.5 Å². The van der Waals surface area contributed by atoms with Crippen LogP contribution in [0.15, 0.2) is 79.3 Å². The fourth-order valence-corrected chi connectivity index (χ4v) is 5.58. The van der Waals surface area contributed by atoms with Crippen LogP contribution in [-0.4, -0.2) is 50.9 Å². The van der Waals surface area contributed by atoms with E-state index in [9.17, 15) is 22.8 Å². The zero-order chi connectivity index (χ0) is 28.6. The Bertz CT molecular complexity index is 1630. The third kappa shape index (κ3) is 5.34. The van der Waals surface area contributed by atoms with E-state index < -0.39 is 24.0 Å². The predicted octanol–water partition coefficient (Wildman–Crippen LogP) is 4.85. The van der Waals surface area contributed by atoms with E-state index in [1.807, 2.05) is 36.4 Å². The number of aromatic nitrogens is 3. The summed E-state index contributed by atoms with van der Waals surface area (Å²) in [5.74, 6) is -0.0602. The number of carbonyl (C=O) groups excluding carboxylic acids is 2. The lowest BCUT2D eigenvalue weighted by molar-refractivity contribution is -0.140. The molecular weight excluding hydrogens is 533 g/mol. The van der Waals surface area contributed by atoms with E-state index in [-0.39, 0.29) is 30.4 Å². The zero-order valence-electron chi connectivity index (χ0n) is 21.8. The van der Waals surface area contributed by atoms with Gasteiger partial charge in [-0.2, -0.15) is 13.2 Å². The molecule has 2 aliphatic rings. The molecule has 11 heteroatoms. The number of fused-ring (bicyclic) bond motifs is 3. The van der Waals surface area contributed by atoms with Gasteiger partial charge in [0.25, 0.3) is 5.91 Å². The first-order chi connectivity index (χ1) is 19.7. The highest BCUT2D eigenvalue weighted by Gasteiger charge is 2.51. The largest absolute Gasteiger partial charge is 0.406 e. The minimum Gasteiger partial charge on any atom is -0.340 e. The van der Waals surface area contributed by atoms with Crippen molar-refractivity contribution >= 4 is 29.1 Å². The monoisotopic (exact) mass is 558 g/mol. The van der Waals surface area contributed by atoms with Gasteiger partial charge in [-0.15, -0.1) is 0 Å². The number of benzene rings is 2. The zero-order valence-corrected chi connectivity index (χ0v) is 21.8. The number of halogens is 3. The smallest absolute Gasteiger partial charge is 0.340 e. The highest BCUT2D eigenvalue weighted by molar-refractivity contribution is 6.06. The number of pyridine rings is 1. The van der Waals surface area contributed by atoms with Gasteiger partial charge in [-0.05, 0) is 54.2 Å². The molecule has 2 aromatic carbocycles. The van der Waals surface area contributed by atoms with E-state index in [4.69, 9.17) is 0 Å². The van der Waals surface area contributed by atoms with E-state index in [2.05, 4.69) is 25.6 Å². The van der Waals surface area contributed by atoms with Crippen LogP contribution in [-0.2, 0) is 29.5 Å². The summed E-state index contributed by atoms with van der Waals surface area (Å²) in [6.45, 7) is -1.50. The lowest BCUT2D eigenvalue weighted by atomic mass is 9.79. The first kappa shape index (κ1) is 26.4. The van der Waals surface area contributed by atoms with Crippen molar-refractivity contribution in [3.8, 4) is 0 Å². The van der Waals surface area contributed by atoms with Gasteiger partial charge in [-0.25, -0.2) is 15.0 Å². The van der Waals surface area contributed by atoms with Gasteiger partial charge in [0, 0.05) is 30.1 Å². The molecule has 2 aromatic heterocycles. The Labute approximate surface area is 233 Å². The van der Waals surface area contributed by atoms with Crippen molar-refractivity contribution in [3.05, 3.63) is 107 Å². The molecule has 1 aliphatic carbocycles. The lowest BCUT2D eigenvalue weighted by Crippen LogP contribution is -2.40. The Morgan fingerprint density at radius 2 is 1.78 bits per heavy atom. The second-order valence-electron chi connectivity index (χ2n) is 10.3. The average molecular weight is 559 g/mol. The highest BCUT2D eigenvalue weighted by atomic mass is 19.4. The molecular formula is C30H25F3N6O2. The second kappa shape index (κ2) is 10.3. The molecule has 208 valence electrons. The fourth-order valence-electron chi connectivity index (χ4n) is 5.58. The molecule has 0 bridgehead atoms. The third-order valence-corrected chi connectivity index (χ3v) is 7.51. The van der Waals surface area contributed by atoms with Gasteiger partial charge in [-0.3, -0.25) is 9.59 Å². The first-order valence-electron chi connectivity index (χ1n) is 13.1. The Kier molecular flexibility index (Phi) is 6.64. The van der Waals surface area contributed by atoms with Crippen LogP contribution < -0.4 is 10.6 Å². The first-order valence-corrected chi connectivity index (χ1v) is 13.1. The fraction of sp³-hybridized carbons (Fsp3) is 0.233. The number of rotatable bonds is 7. The highest BCUT2D eigenvalue weighted by Crippen LogP contribution is 2.47. The van der Waals surface area contributed by atoms with Crippen LogP contribution in [0.3, 0.4) is 0 Å². The summed E-state index contributed by atoms with van der Waals surface area (Å²) in [7, 11) is 0. The van der Waals surface area contributed by atoms with E-state index >= 15 is 0 Å². The summed E-state index contributed by atoms with van der Waals surface area (Å²) in [5.41, 5.74) is 3.55. The normalized spacial score (nSPS) is 17.2. The lowest BCUT2D eigenvalue weighted by Gasteiger charge is -2.24. The predicted molar refractivity (Wildman–Crippen MR) is 146 cm³/mol. The minimum absolute atomic E-state index is 0.0773. The molecule has 41 heavy (non-hydrogen) atoms. The van der Waals surface area contributed by atoms with Crippen molar-refractivity contribution in [2.75, 3.05) is 23.7 Å². The number of hydrogen-bond acceptors (Lipinski definition) is 6. The van der Waals surface area contributed by atoms with Crippen molar-refractivity contribution in [2.24, 2.45) is 0 Å². The van der Waals surface area contributed by atoms with Crippen molar-refractivity contribution in [1.29, 1.82) is 0 Å². The summed E-state index contributed by atoms with van der Waals surface area (Å²) in [5, 5.41) is 6.01. The molecule has 2 amide bonds. The molecule has 6 rings (SSSR count). The van der Waals surface area contributed by atoms with Crippen LogP contribution in [0.5, 0.6) is 0 Å². The second-order valence-corrected chi connectivity index (χ2v) is 10.3. The molecule has 0 radical (unpaired) electrons. The maximum Gasteiger partial charge on any atom is 0.406 e. The Morgan fingerprint density at radius 1 is 0.976 bits per heavy atom. The Morgan fingerprint density at radius 3 is 2.59 bits per heavy atom. The molecule has 0 fully saturated rings. The van der Waals surface area contributed by atoms with Crippen molar-refractivity contribution in [1.82, 2.24) is 19.9 Å². The number of carbonyl (C=O) groups is 2. The molecule has 8 nitrogen and oxygen atoms in total. The molecule has 4 aromatic rings. The van der Waals surface area contributed by atoms with Crippen molar-refractivity contribution < 1.29 is 22.8 Å². The summed E-state index contributed by atoms with van der Waals surface area (Å²) < 4.78 is 40.0. The van der Waals surface area contributed by atoms with Crippen LogP contribution in [0.25, 0.3) is 0 Å². The maximum atomic E-state index is 13.3. The van der Waals surface area contributed by atoms with E-state index in [1.165, 1.54) is 6.07 Å². The van der Waals surface area contributed by atoms with E-state index in [0.29, 0.717) is 24.3 Å². The molecule has 1 spiro atoms. The van der Waals surface area contributed by atoms with Gasteiger partial charge in [0.05, 0.1) is 5.41 Å². The molecule has 0 saturated carbocycles. The standard InChI is InChI=1S/C30H25F3N6O2/c31-30(32,33)17-39(12-10-19-5-2-1-3-6-19)27(40)24-14-25(36-18-35-24)37-22-9-8-20-15-29(16-21(20)13-22)23-7-4-11-34-26(23)38-28(29)41/h1-9,11,13-14,18H,10,12,15-17H2,(H,34,38,41)(H,35,36,37). The van der Waals surface area contributed by atoms with Crippen molar-refractivity contribution in [3.63, 3.8) is 0 Å². The quantitative estimate of drug-likeness (QED) is 0.337. The summed E-state index contributed by atoms with van der Waals surface area (Å²) >= 11 is 0. The number of alkyl halides is 3. The SMILES string of the molecule is O=C(c1cc(Nc2ccc3c(c2)CC2(C3)C(=O)Nc3ncccc32)ncn1)N(CCc1ccccc1)CC(F)(F)F. The molecule has 0 saturated heterocycles.